The molecule has 1 saturated carbocycles. The van der Waals surface area contributed by atoms with Crippen LogP contribution in [0.5, 0.6) is 11.8 Å². The molecule has 2 aromatic heterocycles. The molecule has 4 heterocycles. The molecule has 1 aliphatic carbocycles. The summed E-state index contributed by atoms with van der Waals surface area (Å²) in [5.74, 6) is 0.191. The van der Waals surface area contributed by atoms with E-state index >= 15 is 4.39 Å². The van der Waals surface area contributed by atoms with Gasteiger partial charge in [-0.1, -0.05) is 18.6 Å². The molecule has 3 aliphatic rings. The fourth-order valence-electron chi connectivity index (χ4n) is 6.86. The van der Waals surface area contributed by atoms with E-state index in [1.807, 2.05) is 0 Å². The van der Waals surface area contributed by atoms with Crippen LogP contribution in [0.3, 0.4) is 0 Å². The maximum absolute atomic E-state index is 17.0. The van der Waals surface area contributed by atoms with Gasteiger partial charge in [-0.2, -0.15) is 20.6 Å². The Morgan fingerprint density at radius 3 is 2.73 bits per heavy atom. The summed E-state index contributed by atoms with van der Waals surface area (Å²) in [6, 6.07) is 4.50. The third-order valence-corrected chi connectivity index (χ3v) is 11.4. The van der Waals surface area contributed by atoms with Crippen molar-refractivity contribution >= 4 is 44.0 Å². The van der Waals surface area contributed by atoms with E-state index in [0.29, 0.717) is 18.6 Å². The van der Waals surface area contributed by atoms with Crippen molar-refractivity contribution in [3.05, 3.63) is 60.3 Å². The molecule has 51 heavy (non-hydrogen) atoms. The molecule has 1 amide bonds. The average molecular weight is 721 g/mol. The average Bonchev–Trinajstić information content (AvgIpc) is 3.90. The van der Waals surface area contributed by atoms with Gasteiger partial charge in [0.15, 0.2) is 5.82 Å². The van der Waals surface area contributed by atoms with Crippen molar-refractivity contribution in [3.63, 3.8) is 0 Å². The van der Waals surface area contributed by atoms with Gasteiger partial charge in [0.2, 0.25) is 5.91 Å². The van der Waals surface area contributed by atoms with Crippen molar-refractivity contribution in [2.24, 2.45) is 5.41 Å². The first kappa shape index (κ1) is 34.8. The fourth-order valence-corrected chi connectivity index (χ4v) is 8.37. The van der Waals surface area contributed by atoms with Crippen molar-refractivity contribution in [2.45, 2.75) is 18.9 Å². The summed E-state index contributed by atoms with van der Waals surface area (Å²) in [5.41, 5.74) is -0.544. The number of phenols is 1. The summed E-state index contributed by atoms with van der Waals surface area (Å²) in [6.45, 7) is 7.80. The first-order valence-corrected chi connectivity index (χ1v) is 18.5. The zero-order chi connectivity index (χ0) is 35.9. The van der Waals surface area contributed by atoms with Gasteiger partial charge in [-0.05, 0) is 42.5 Å². The number of nitrogens with zero attached hydrogens (tertiary/aromatic N) is 5. The normalized spacial score (nSPS) is 20.7. The maximum atomic E-state index is 17.0. The van der Waals surface area contributed by atoms with Crippen LogP contribution >= 0.6 is 10.6 Å². The molecule has 2 aliphatic heterocycles. The van der Waals surface area contributed by atoms with Crippen molar-refractivity contribution < 1.29 is 37.3 Å². The molecule has 4 N–H and O–H groups in total. The number of halogens is 2. The second-order valence-corrected chi connectivity index (χ2v) is 15.7. The van der Waals surface area contributed by atoms with Crippen LogP contribution in [0.1, 0.15) is 18.4 Å². The number of carbonyl (C=O) groups is 1. The monoisotopic (exact) mass is 720 g/mol. The zero-order valence-corrected chi connectivity index (χ0v) is 28.6. The Bertz CT molecular complexity index is 2070. The standard InChI is InChI=1S/C36H38F2N6O6S/c1-3-25-28(37)6-5-22-15-24(45)16-26(30(22)25)32-31(38)33-27(17-39-32)34(44-11-14-51(47,48)19-23(18-44)40-29(46)4-2)42-35(41-33)50-21-36(7-8-36)20-43-9-12-49-13-10-43/h1,4-6,15-17,23,45,47-48H,2,7-14,18-21H2,(H,40,46). The number of phenolic OH excluding ortho intramolecular Hbond substituents is 1. The molecule has 7 rings (SSSR count). The quantitative estimate of drug-likeness (QED) is 0.142. The summed E-state index contributed by atoms with van der Waals surface area (Å²) in [5, 5.41) is 14.1. The Labute approximate surface area is 294 Å². The minimum absolute atomic E-state index is 0.0263. The second kappa shape index (κ2) is 13.9. The lowest BCUT2D eigenvalue weighted by Gasteiger charge is -2.32. The lowest BCUT2D eigenvalue weighted by Crippen LogP contribution is -2.44. The number of morpholine rings is 1. The Kier molecular flexibility index (Phi) is 9.46. The molecular weight excluding hydrogens is 682 g/mol. The molecule has 1 unspecified atom stereocenters. The molecular formula is C36H38F2N6O6S. The highest BCUT2D eigenvalue weighted by Gasteiger charge is 2.45. The number of fused-ring (bicyclic) bond motifs is 2. The molecule has 15 heteroatoms. The van der Waals surface area contributed by atoms with Gasteiger partial charge in [0.1, 0.15) is 28.6 Å². The Balaban J connectivity index is 1.34. The number of anilines is 1. The number of rotatable bonds is 9. The summed E-state index contributed by atoms with van der Waals surface area (Å²) in [6.07, 6.45) is 10.0. The lowest BCUT2D eigenvalue weighted by atomic mass is 9.96. The van der Waals surface area contributed by atoms with Crippen LogP contribution in [0.2, 0.25) is 0 Å². The van der Waals surface area contributed by atoms with E-state index in [1.54, 1.807) is 4.90 Å². The lowest BCUT2D eigenvalue weighted by molar-refractivity contribution is -0.116. The topological polar surface area (TPSA) is 153 Å². The summed E-state index contributed by atoms with van der Waals surface area (Å²) in [4.78, 5) is 30.0. The number of pyridine rings is 1. The van der Waals surface area contributed by atoms with Gasteiger partial charge in [-0.15, -0.1) is 6.42 Å². The van der Waals surface area contributed by atoms with Crippen molar-refractivity contribution in [2.75, 3.05) is 69.0 Å². The van der Waals surface area contributed by atoms with Crippen LogP contribution in [0, 0.1) is 29.4 Å². The largest absolute Gasteiger partial charge is 0.508 e. The third kappa shape index (κ3) is 7.28. The Morgan fingerprint density at radius 1 is 1.22 bits per heavy atom. The highest BCUT2D eigenvalue weighted by molar-refractivity contribution is 8.24. The number of nitrogens with one attached hydrogen (secondary N) is 1. The number of aromatic nitrogens is 3. The summed E-state index contributed by atoms with van der Waals surface area (Å²) in [7, 11) is -3.09. The molecule has 4 aromatic rings. The Morgan fingerprint density at radius 2 is 2.00 bits per heavy atom. The van der Waals surface area contributed by atoms with Crippen molar-refractivity contribution in [1.29, 1.82) is 0 Å². The second-order valence-electron chi connectivity index (χ2n) is 13.4. The van der Waals surface area contributed by atoms with Crippen LogP contribution in [-0.2, 0) is 9.53 Å². The Hall–Kier alpha value is -4.59. The summed E-state index contributed by atoms with van der Waals surface area (Å²) >= 11 is 0. The van der Waals surface area contributed by atoms with Crippen LogP contribution in [-0.4, -0.2) is 110 Å². The molecule has 0 spiro atoms. The predicted octanol–water partition coefficient (Wildman–Crippen LogP) is 4.54. The van der Waals surface area contributed by atoms with E-state index in [0.717, 1.165) is 38.6 Å². The van der Waals surface area contributed by atoms with Gasteiger partial charge in [0.25, 0.3) is 0 Å². The van der Waals surface area contributed by atoms with E-state index in [-0.39, 0.29) is 87.3 Å². The minimum Gasteiger partial charge on any atom is -0.508 e. The van der Waals surface area contributed by atoms with Crippen LogP contribution < -0.4 is 15.0 Å². The van der Waals surface area contributed by atoms with Crippen LogP contribution in [0.25, 0.3) is 32.9 Å². The van der Waals surface area contributed by atoms with E-state index in [9.17, 15) is 23.4 Å². The maximum Gasteiger partial charge on any atom is 0.319 e. The highest BCUT2D eigenvalue weighted by atomic mass is 32.3. The summed E-state index contributed by atoms with van der Waals surface area (Å²) < 4.78 is 65.1. The van der Waals surface area contributed by atoms with Crippen molar-refractivity contribution in [3.8, 4) is 35.4 Å². The number of hydrogen-bond acceptors (Lipinski definition) is 11. The van der Waals surface area contributed by atoms with Gasteiger partial charge >= 0.3 is 6.01 Å². The number of hydrogen-bond donors (Lipinski definition) is 4. The number of terminal acetylenes is 1. The number of amides is 1. The molecule has 2 aromatic carbocycles. The molecule has 3 fully saturated rings. The molecule has 0 bridgehead atoms. The smallest absolute Gasteiger partial charge is 0.319 e. The van der Waals surface area contributed by atoms with Crippen molar-refractivity contribution in [1.82, 2.24) is 25.2 Å². The first-order valence-electron chi connectivity index (χ1n) is 16.6. The molecule has 12 nitrogen and oxygen atoms in total. The number of ether oxygens (including phenoxy) is 2. The molecule has 0 radical (unpaired) electrons. The van der Waals surface area contributed by atoms with Crippen LogP contribution in [0.15, 0.2) is 43.1 Å². The van der Waals surface area contributed by atoms with E-state index in [2.05, 4.69) is 32.7 Å². The van der Waals surface area contributed by atoms with Gasteiger partial charge in [-0.3, -0.25) is 23.8 Å². The van der Waals surface area contributed by atoms with Gasteiger partial charge in [0.05, 0.1) is 48.3 Å². The third-order valence-electron chi connectivity index (χ3n) is 9.65. The number of carbonyl (C=O) groups excluding carboxylic acids is 1. The SMILES string of the molecule is C#Cc1c(F)ccc2cc(O)cc(-c3ncc4c(N5CCS(O)(O)CC(NC(=O)C=C)C5)nc(OCC5(CN6CCOCC6)CC5)nc4c3F)c12. The minimum atomic E-state index is -3.09. The van der Waals surface area contributed by atoms with Gasteiger partial charge in [-0.25, -0.2) is 8.78 Å². The zero-order valence-electron chi connectivity index (χ0n) is 27.8. The first-order chi connectivity index (χ1) is 24.5. The molecule has 268 valence electrons. The number of benzene rings is 2. The van der Waals surface area contributed by atoms with E-state index in [1.165, 1.54) is 30.5 Å². The molecule has 2 saturated heterocycles. The number of aromatic hydroxyl groups is 1. The van der Waals surface area contributed by atoms with Gasteiger partial charge < -0.3 is 24.8 Å². The highest BCUT2D eigenvalue weighted by Crippen LogP contribution is 2.47. The predicted molar refractivity (Wildman–Crippen MR) is 191 cm³/mol. The van der Waals surface area contributed by atoms with E-state index < -0.39 is 34.2 Å². The van der Waals surface area contributed by atoms with Crippen LogP contribution in [0.4, 0.5) is 14.6 Å². The fraction of sp³-hybridized carbons (Fsp3) is 0.389. The molecule has 1 atom stereocenters. The van der Waals surface area contributed by atoms with Gasteiger partial charge in [0, 0.05) is 55.3 Å². The van der Waals surface area contributed by atoms with E-state index in [4.69, 9.17) is 20.9 Å².